The Morgan fingerprint density at radius 1 is 1.47 bits per heavy atom. The number of aromatic nitrogens is 1. The van der Waals surface area contributed by atoms with E-state index < -0.39 is 5.97 Å². The first-order valence-corrected chi connectivity index (χ1v) is 5.69. The summed E-state index contributed by atoms with van der Waals surface area (Å²) < 4.78 is 4.94. The molecule has 0 atom stereocenters. The van der Waals surface area contributed by atoms with Gasteiger partial charge in [-0.15, -0.1) is 0 Å². The highest BCUT2D eigenvalue weighted by atomic mass is 16.5. The highest BCUT2D eigenvalue weighted by Crippen LogP contribution is 2.31. The van der Waals surface area contributed by atoms with E-state index in [9.17, 15) is 9.59 Å². The van der Waals surface area contributed by atoms with Gasteiger partial charge in [0.05, 0.1) is 6.42 Å². The van der Waals surface area contributed by atoms with E-state index in [-0.39, 0.29) is 22.9 Å². The molecule has 0 aliphatic carbocycles. The van der Waals surface area contributed by atoms with Crippen molar-refractivity contribution in [2.45, 2.75) is 13.3 Å². The van der Waals surface area contributed by atoms with Gasteiger partial charge in [0.25, 0.3) is 0 Å². The number of carboxylic acids is 1. The van der Waals surface area contributed by atoms with Gasteiger partial charge in [-0.2, -0.15) is 0 Å². The molecular formula is C13H10N2O4. The minimum Gasteiger partial charge on any atom is -0.477 e. The number of carboxylic acid groups (broad SMARTS) is 1. The van der Waals surface area contributed by atoms with E-state index in [2.05, 4.69) is 10.5 Å². The molecule has 1 aliphatic rings. The van der Waals surface area contributed by atoms with Crippen LogP contribution in [0.1, 0.15) is 21.7 Å². The first-order valence-electron chi connectivity index (χ1n) is 5.69. The van der Waals surface area contributed by atoms with Gasteiger partial charge in [-0.3, -0.25) is 4.79 Å². The Morgan fingerprint density at radius 3 is 3.00 bits per heavy atom. The molecule has 96 valence electrons. The van der Waals surface area contributed by atoms with E-state index in [1.165, 1.54) is 0 Å². The molecule has 2 heterocycles. The Bertz CT molecular complexity index is 703. The van der Waals surface area contributed by atoms with Crippen molar-refractivity contribution in [2.75, 3.05) is 5.32 Å². The summed E-state index contributed by atoms with van der Waals surface area (Å²) in [6, 6.07) is 5.22. The van der Waals surface area contributed by atoms with Crippen molar-refractivity contribution in [3.8, 4) is 11.3 Å². The summed E-state index contributed by atoms with van der Waals surface area (Å²) in [4.78, 5) is 22.5. The van der Waals surface area contributed by atoms with E-state index in [1.807, 2.05) is 0 Å². The van der Waals surface area contributed by atoms with Crippen LogP contribution in [-0.2, 0) is 11.2 Å². The van der Waals surface area contributed by atoms with Crippen molar-refractivity contribution in [3.05, 3.63) is 35.1 Å². The van der Waals surface area contributed by atoms with Crippen LogP contribution in [0.4, 0.5) is 5.69 Å². The number of hydrogen-bond acceptors (Lipinski definition) is 4. The molecule has 0 saturated heterocycles. The Morgan fingerprint density at radius 2 is 2.26 bits per heavy atom. The molecule has 0 unspecified atom stereocenters. The average molecular weight is 258 g/mol. The monoisotopic (exact) mass is 258 g/mol. The molecule has 0 spiro atoms. The lowest BCUT2D eigenvalue weighted by Gasteiger charge is -2.02. The Balaban J connectivity index is 2.12. The third kappa shape index (κ3) is 1.77. The minimum atomic E-state index is -1.08. The van der Waals surface area contributed by atoms with Crippen molar-refractivity contribution in [1.29, 1.82) is 0 Å². The minimum absolute atomic E-state index is 0.0530. The number of benzene rings is 1. The van der Waals surface area contributed by atoms with Crippen molar-refractivity contribution in [1.82, 2.24) is 5.16 Å². The molecule has 1 amide bonds. The number of rotatable bonds is 2. The number of nitrogens with one attached hydrogen (secondary N) is 1. The normalized spacial score (nSPS) is 13.2. The van der Waals surface area contributed by atoms with Gasteiger partial charge < -0.3 is 14.9 Å². The summed E-state index contributed by atoms with van der Waals surface area (Å²) >= 11 is 0. The van der Waals surface area contributed by atoms with Crippen LogP contribution in [0.3, 0.4) is 0 Å². The fourth-order valence-corrected chi connectivity index (χ4v) is 2.20. The summed E-state index contributed by atoms with van der Waals surface area (Å²) in [5.41, 5.74) is 2.55. The van der Waals surface area contributed by atoms with Gasteiger partial charge in [-0.1, -0.05) is 11.2 Å². The summed E-state index contributed by atoms with van der Waals surface area (Å²) in [5, 5.41) is 15.7. The first-order chi connectivity index (χ1) is 9.06. The average Bonchev–Trinajstić information content (AvgIpc) is 2.89. The van der Waals surface area contributed by atoms with Gasteiger partial charge in [0.2, 0.25) is 5.91 Å². The number of aryl methyl sites for hydroxylation is 1. The van der Waals surface area contributed by atoms with E-state index in [0.717, 1.165) is 11.3 Å². The number of carbonyl (C=O) groups is 2. The molecule has 2 aromatic rings. The summed E-state index contributed by atoms with van der Waals surface area (Å²) in [6.07, 6.45) is 0.294. The fraction of sp³-hybridized carbons (Fsp3) is 0.154. The number of fused-ring (bicyclic) bond motifs is 1. The van der Waals surface area contributed by atoms with Crippen LogP contribution in [0.15, 0.2) is 22.7 Å². The van der Waals surface area contributed by atoms with Crippen molar-refractivity contribution in [3.63, 3.8) is 0 Å². The van der Waals surface area contributed by atoms with Gasteiger partial charge in [0.15, 0.2) is 0 Å². The predicted molar refractivity (Wildman–Crippen MR) is 66.0 cm³/mol. The van der Waals surface area contributed by atoms with Crippen molar-refractivity contribution < 1.29 is 19.2 Å². The van der Waals surface area contributed by atoms with Crippen LogP contribution >= 0.6 is 0 Å². The maximum Gasteiger partial charge on any atom is 0.341 e. The molecule has 0 bridgehead atoms. The number of anilines is 1. The number of amides is 1. The molecule has 0 radical (unpaired) electrons. The summed E-state index contributed by atoms with van der Waals surface area (Å²) in [6.45, 7) is 1.55. The molecule has 6 heteroatoms. The quantitative estimate of drug-likeness (QED) is 0.857. The molecule has 3 rings (SSSR count). The summed E-state index contributed by atoms with van der Waals surface area (Å²) in [7, 11) is 0. The SMILES string of the molecule is Cc1onc(-c2ccc3c(c2)CC(=O)N3)c1C(=O)O. The molecule has 19 heavy (non-hydrogen) atoms. The lowest BCUT2D eigenvalue weighted by molar-refractivity contribution is -0.115. The van der Waals surface area contributed by atoms with E-state index in [1.54, 1.807) is 25.1 Å². The van der Waals surface area contributed by atoms with E-state index >= 15 is 0 Å². The second kappa shape index (κ2) is 3.94. The number of hydrogen-bond donors (Lipinski definition) is 2. The molecule has 0 fully saturated rings. The molecular weight excluding hydrogens is 248 g/mol. The van der Waals surface area contributed by atoms with Gasteiger partial charge >= 0.3 is 5.97 Å². The molecule has 6 nitrogen and oxygen atoms in total. The van der Waals surface area contributed by atoms with Crippen LogP contribution in [0, 0.1) is 6.92 Å². The first kappa shape index (κ1) is 11.5. The molecule has 1 aromatic carbocycles. The predicted octanol–water partition coefficient (Wildman–Crippen LogP) is 1.84. The molecule has 2 N–H and O–H groups in total. The van der Waals surface area contributed by atoms with Crippen LogP contribution in [0.25, 0.3) is 11.3 Å². The van der Waals surface area contributed by atoms with Gasteiger partial charge in [-0.05, 0) is 24.6 Å². The zero-order valence-corrected chi connectivity index (χ0v) is 10.1. The number of nitrogens with zero attached hydrogens (tertiary/aromatic N) is 1. The fourth-order valence-electron chi connectivity index (χ4n) is 2.20. The van der Waals surface area contributed by atoms with Crippen LogP contribution in [0.2, 0.25) is 0 Å². The second-order valence-electron chi connectivity index (χ2n) is 4.36. The van der Waals surface area contributed by atoms with Gasteiger partial charge in [0.1, 0.15) is 17.0 Å². The van der Waals surface area contributed by atoms with Crippen molar-refractivity contribution in [2.24, 2.45) is 0 Å². The lowest BCUT2D eigenvalue weighted by Crippen LogP contribution is -2.03. The maximum absolute atomic E-state index is 11.3. The third-order valence-corrected chi connectivity index (χ3v) is 3.08. The van der Waals surface area contributed by atoms with Crippen LogP contribution < -0.4 is 5.32 Å². The molecule has 1 aromatic heterocycles. The Kier molecular flexibility index (Phi) is 2.38. The number of aromatic carboxylic acids is 1. The Labute approximate surface area is 108 Å². The van der Waals surface area contributed by atoms with E-state index in [0.29, 0.717) is 12.0 Å². The zero-order valence-electron chi connectivity index (χ0n) is 10.1. The molecule has 0 saturated carbocycles. The van der Waals surface area contributed by atoms with Crippen molar-refractivity contribution >= 4 is 17.6 Å². The largest absolute Gasteiger partial charge is 0.477 e. The number of carbonyl (C=O) groups excluding carboxylic acids is 1. The van der Waals surface area contributed by atoms with Gasteiger partial charge in [0, 0.05) is 11.3 Å². The highest BCUT2D eigenvalue weighted by Gasteiger charge is 2.23. The third-order valence-electron chi connectivity index (χ3n) is 3.08. The smallest absolute Gasteiger partial charge is 0.341 e. The van der Waals surface area contributed by atoms with E-state index in [4.69, 9.17) is 9.63 Å². The standard InChI is InChI=1S/C13H10N2O4/c1-6-11(13(17)18)12(15-19-6)7-2-3-9-8(4-7)5-10(16)14-9/h2-4H,5H2,1H3,(H,14,16)(H,17,18). The van der Waals surface area contributed by atoms with Crippen LogP contribution in [0.5, 0.6) is 0 Å². The lowest BCUT2D eigenvalue weighted by atomic mass is 10.0. The Hall–Kier alpha value is -2.63. The molecule has 1 aliphatic heterocycles. The van der Waals surface area contributed by atoms with Gasteiger partial charge in [-0.25, -0.2) is 4.79 Å². The van der Waals surface area contributed by atoms with Crippen LogP contribution in [-0.4, -0.2) is 22.1 Å². The zero-order chi connectivity index (χ0) is 13.6. The highest BCUT2D eigenvalue weighted by molar-refractivity contribution is 6.00. The maximum atomic E-state index is 11.3. The second-order valence-corrected chi connectivity index (χ2v) is 4.36. The topological polar surface area (TPSA) is 92.4 Å². The summed E-state index contributed by atoms with van der Waals surface area (Å²) in [5.74, 6) is -0.886.